The second-order valence-corrected chi connectivity index (χ2v) is 8.06. The number of nitrogens with zero attached hydrogens (tertiary/aromatic N) is 3. The molecule has 1 aliphatic carbocycles. The Kier molecular flexibility index (Phi) is 8.43. The summed E-state index contributed by atoms with van der Waals surface area (Å²) >= 11 is 0. The number of nitrogens with one attached hydrogen (secondary N) is 1. The highest BCUT2D eigenvalue weighted by molar-refractivity contribution is 5.78. The smallest absolute Gasteiger partial charge is 0.188 e. The third kappa shape index (κ3) is 7.51. The van der Waals surface area contributed by atoms with E-state index < -0.39 is 0 Å². The molecule has 5 heteroatoms. The molecule has 1 saturated heterocycles. The molecule has 0 spiro atoms. The van der Waals surface area contributed by atoms with Gasteiger partial charge >= 0.3 is 0 Å². The Morgan fingerprint density at radius 2 is 1.67 bits per heavy atom. The first-order chi connectivity index (χ1) is 13.3. The van der Waals surface area contributed by atoms with E-state index in [0.717, 1.165) is 19.5 Å². The van der Waals surface area contributed by atoms with Crippen molar-refractivity contribution < 1.29 is 0 Å². The molecule has 2 fully saturated rings. The van der Waals surface area contributed by atoms with Gasteiger partial charge in [-0.3, -0.25) is 9.89 Å². The standard InChI is InChI=1S/C22H37N5/c23-22(25-21-11-5-2-6-12-21)24-13-7-8-14-26-15-17-27(18-16-26)19-20-9-3-1-4-10-20/h1,3-4,9-10,21H,2,5-8,11-19H2,(H3,23,24,25). The lowest BCUT2D eigenvalue weighted by atomic mass is 9.96. The first-order valence-electron chi connectivity index (χ1n) is 10.8. The molecule has 0 amide bonds. The van der Waals surface area contributed by atoms with Crippen LogP contribution in [-0.4, -0.2) is 61.1 Å². The van der Waals surface area contributed by atoms with Gasteiger partial charge in [0.25, 0.3) is 0 Å². The van der Waals surface area contributed by atoms with Crippen LogP contribution in [0.1, 0.15) is 50.5 Å². The van der Waals surface area contributed by atoms with Crippen LogP contribution in [0, 0.1) is 0 Å². The average Bonchev–Trinajstić information content (AvgIpc) is 2.70. The van der Waals surface area contributed by atoms with Gasteiger partial charge in [0, 0.05) is 45.3 Å². The average molecular weight is 372 g/mol. The summed E-state index contributed by atoms with van der Waals surface area (Å²) in [5.41, 5.74) is 7.45. The second-order valence-electron chi connectivity index (χ2n) is 8.06. The van der Waals surface area contributed by atoms with Crippen LogP contribution >= 0.6 is 0 Å². The normalized spacial score (nSPS) is 20.7. The summed E-state index contributed by atoms with van der Waals surface area (Å²) in [6.07, 6.45) is 8.83. The Bertz CT molecular complexity index is 545. The lowest BCUT2D eigenvalue weighted by Gasteiger charge is -2.34. The van der Waals surface area contributed by atoms with Gasteiger partial charge in [-0.05, 0) is 37.8 Å². The number of unbranched alkanes of at least 4 members (excludes halogenated alkanes) is 1. The van der Waals surface area contributed by atoms with Crippen LogP contribution in [-0.2, 0) is 6.54 Å². The minimum absolute atomic E-state index is 0.551. The molecule has 1 aromatic rings. The molecular formula is C22H37N5. The van der Waals surface area contributed by atoms with Crippen molar-refractivity contribution in [1.29, 1.82) is 0 Å². The summed E-state index contributed by atoms with van der Waals surface area (Å²) in [5, 5.41) is 3.40. The summed E-state index contributed by atoms with van der Waals surface area (Å²) in [6, 6.07) is 11.3. The molecule has 5 nitrogen and oxygen atoms in total. The van der Waals surface area contributed by atoms with Gasteiger partial charge in [0.05, 0.1) is 0 Å². The molecule has 1 saturated carbocycles. The van der Waals surface area contributed by atoms with Crippen molar-refractivity contribution >= 4 is 5.96 Å². The Hall–Kier alpha value is -1.59. The third-order valence-corrected chi connectivity index (χ3v) is 5.84. The first kappa shape index (κ1) is 20.2. The monoisotopic (exact) mass is 371 g/mol. The molecule has 1 aliphatic heterocycles. The number of piperazine rings is 1. The highest BCUT2D eigenvalue weighted by Gasteiger charge is 2.16. The van der Waals surface area contributed by atoms with Gasteiger partial charge in [0.15, 0.2) is 5.96 Å². The molecule has 1 aromatic carbocycles. The van der Waals surface area contributed by atoms with Crippen molar-refractivity contribution in [1.82, 2.24) is 15.1 Å². The van der Waals surface area contributed by atoms with Gasteiger partial charge in [-0.15, -0.1) is 0 Å². The zero-order valence-electron chi connectivity index (χ0n) is 16.8. The van der Waals surface area contributed by atoms with Gasteiger partial charge in [0.2, 0.25) is 0 Å². The van der Waals surface area contributed by atoms with Gasteiger partial charge in [-0.1, -0.05) is 49.6 Å². The molecule has 1 heterocycles. The topological polar surface area (TPSA) is 56.9 Å². The zero-order valence-corrected chi connectivity index (χ0v) is 16.8. The quantitative estimate of drug-likeness (QED) is 0.419. The molecule has 0 radical (unpaired) electrons. The van der Waals surface area contributed by atoms with Crippen LogP contribution in [0.25, 0.3) is 0 Å². The van der Waals surface area contributed by atoms with E-state index in [4.69, 9.17) is 5.73 Å². The molecule has 3 rings (SSSR count). The van der Waals surface area contributed by atoms with Crippen LogP contribution in [0.2, 0.25) is 0 Å². The van der Waals surface area contributed by atoms with Gasteiger partial charge < -0.3 is 16.0 Å². The fourth-order valence-electron chi connectivity index (χ4n) is 4.16. The molecule has 2 aliphatic rings. The third-order valence-electron chi connectivity index (χ3n) is 5.84. The van der Waals surface area contributed by atoms with Crippen LogP contribution in [0.15, 0.2) is 35.3 Å². The number of guanidine groups is 1. The maximum atomic E-state index is 6.03. The maximum absolute atomic E-state index is 6.03. The minimum Gasteiger partial charge on any atom is -0.370 e. The van der Waals surface area contributed by atoms with E-state index in [1.54, 1.807) is 0 Å². The van der Waals surface area contributed by atoms with E-state index in [-0.39, 0.29) is 0 Å². The van der Waals surface area contributed by atoms with Crippen LogP contribution < -0.4 is 11.1 Å². The minimum atomic E-state index is 0.551. The van der Waals surface area contributed by atoms with E-state index in [1.807, 2.05) is 0 Å². The van der Waals surface area contributed by atoms with Crippen molar-refractivity contribution in [3.63, 3.8) is 0 Å². The van der Waals surface area contributed by atoms with E-state index in [0.29, 0.717) is 12.0 Å². The molecule has 3 N–H and O–H groups in total. The summed E-state index contributed by atoms with van der Waals surface area (Å²) in [4.78, 5) is 9.67. The lowest BCUT2D eigenvalue weighted by Crippen LogP contribution is -2.46. The summed E-state index contributed by atoms with van der Waals surface area (Å²) in [6.45, 7) is 7.82. The van der Waals surface area contributed by atoms with Gasteiger partial charge in [-0.25, -0.2) is 0 Å². The van der Waals surface area contributed by atoms with Crippen molar-refractivity contribution in [3.8, 4) is 0 Å². The largest absolute Gasteiger partial charge is 0.370 e. The van der Waals surface area contributed by atoms with Gasteiger partial charge in [-0.2, -0.15) is 0 Å². The maximum Gasteiger partial charge on any atom is 0.188 e. The fraction of sp³-hybridized carbons (Fsp3) is 0.682. The van der Waals surface area contributed by atoms with Crippen molar-refractivity contribution in [2.75, 3.05) is 39.3 Å². The Morgan fingerprint density at radius 1 is 0.963 bits per heavy atom. The highest BCUT2D eigenvalue weighted by atomic mass is 15.3. The van der Waals surface area contributed by atoms with Crippen LogP contribution in [0.4, 0.5) is 0 Å². The van der Waals surface area contributed by atoms with Crippen molar-refractivity contribution in [2.24, 2.45) is 10.7 Å². The molecule has 150 valence electrons. The molecule has 27 heavy (non-hydrogen) atoms. The predicted octanol–water partition coefficient (Wildman–Crippen LogP) is 2.82. The second kappa shape index (κ2) is 11.3. The number of aliphatic imine (C=N–C) groups is 1. The number of nitrogens with two attached hydrogens (primary N) is 1. The zero-order chi connectivity index (χ0) is 18.7. The van der Waals surface area contributed by atoms with E-state index in [1.165, 1.54) is 76.8 Å². The number of rotatable bonds is 8. The molecular weight excluding hydrogens is 334 g/mol. The van der Waals surface area contributed by atoms with Crippen LogP contribution in [0.5, 0.6) is 0 Å². The molecule has 0 aromatic heterocycles. The summed E-state index contributed by atoms with van der Waals surface area (Å²) in [5.74, 6) is 0.649. The van der Waals surface area contributed by atoms with Crippen molar-refractivity contribution in [3.05, 3.63) is 35.9 Å². The van der Waals surface area contributed by atoms with Crippen LogP contribution in [0.3, 0.4) is 0 Å². The first-order valence-corrected chi connectivity index (χ1v) is 10.8. The van der Waals surface area contributed by atoms with Crippen molar-refractivity contribution in [2.45, 2.75) is 57.5 Å². The van der Waals surface area contributed by atoms with E-state index in [9.17, 15) is 0 Å². The summed E-state index contributed by atoms with van der Waals surface area (Å²) in [7, 11) is 0. The summed E-state index contributed by atoms with van der Waals surface area (Å²) < 4.78 is 0. The van der Waals surface area contributed by atoms with E-state index in [2.05, 4.69) is 50.4 Å². The molecule has 0 bridgehead atoms. The van der Waals surface area contributed by atoms with E-state index >= 15 is 0 Å². The number of hydrogen-bond acceptors (Lipinski definition) is 3. The lowest BCUT2D eigenvalue weighted by molar-refractivity contribution is 0.126. The number of hydrogen-bond donors (Lipinski definition) is 2. The predicted molar refractivity (Wildman–Crippen MR) is 114 cm³/mol. The Morgan fingerprint density at radius 3 is 2.41 bits per heavy atom. The Balaban J connectivity index is 1.23. The van der Waals surface area contributed by atoms with Gasteiger partial charge in [0.1, 0.15) is 0 Å². The Labute approximate surface area is 165 Å². The number of benzene rings is 1. The SMILES string of the molecule is NC(=NCCCCN1CCN(Cc2ccccc2)CC1)NC1CCCCC1. The fourth-order valence-corrected chi connectivity index (χ4v) is 4.16. The molecule has 0 atom stereocenters. The highest BCUT2D eigenvalue weighted by Crippen LogP contribution is 2.17. The molecule has 0 unspecified atom stereocenters.